The second-order valence-electron chi connectivity index (χ2n) is 2.55. The van der Waals surface area contributed by atoms with Crippen LogP contribution in [0.15, 0.2) is 18.6 Å². The third-order valence-electron chi connectivity index (χ3n) is 1.69. The van der Waals surface area contributed by atoms with Crippen LogP contribution in [-0.4, -0.2) is 0 Å². The zero-order valence-electron chi connectivity index (χ0n) is 7.99. The molecule has 0 saturated heterocycles. The third kappa shape index (κ3) is 7.56. The van der Waals surface area contributed by atoms with Crippen LogP contribution in [0.5, 0.6) is 0 Å². The third-order valence-corrected chi connectivity index (χ3v) is 1.69. The first-order valence-electron chi connectivity index (χ1n) is 3.58. The minimum absolute atomic E-state index is 0. The minimum atomic E-state index is 0. The molecule has 1 heterocycles. The van der Waals surface area contributed by atoms with Crippen molar-refractivity contribution in [3.63, 3.8) is 0 Å². The van der Waals surface area contributed by atoms with Crippen molar-refractivity contribution in [2.75, 3.05) is 0 Å². The number of nitrogens with zero attached hydrogens (tertiary/aromatic N) is 2. The van der Waals surface area contributed by atoms with Gasteiger partial charge in [0.25, 0.3) is 0 Å². The summed E-state index contributed by atoms with van der Waals surface area (Å²) in [6, 6.07) is 0. The quantitative estimate of drug-likeness (QED) is 0.674. The smallest absolute Gasteiger partial charge is 0.197 e. The van der Waals surface area contributed by atoms with Crippen LogP contribution < -0.4 is 9.13 Å². The van der Waals surface area contributed by atoms with E-state index in [0.29, 0.717) is 0 Å². The number of aromatic nitrogens is 2. The van der Waals surface area contributed by atoms with E-state index in [1.165, 1.54) is 5.69 Å². The second-order valence-corrected chi connectivity index (χ2v) is 2.55. The van der Waals surface area contributed by atoms with Gasteiger partial charge in [-0.05, 0) is 0 Å². The van der Waals surface area contributed by atoms with Crippen LogP contribution >= 0.6 is 0 Å². The predicted molar refractivity (Wildman–Crippen MR) is 51.6 cm³/mol. The molecule has 0 atom stereocenters. The van der Waals surface area contributed by atoms with Crippen molar-refractivity contribution in [2.24, 2.45) is 14.1 Å². The van der Waals surface area contributed by atoms with E-state index in [1.807, 2.05) is 13.2 Å². The summed E-state index contributed by atoms with van der Waals surface area (Å²) in [5, 5.41) is 0. The minimum Gasteiger partial charge on any atom is -0.197 e. The van der Waals surface area contributed by atoms with Crippen LogP contribution in [-0.2, 0) is 85.9 Å². The fraction of sp³-hybridized carbons (Fsp3) is 0.600. The molecular weight excluding hydrogens is 326 g/mol. The van der Waals surface area contributed by atoms with Crippen molar-refractivity contribution >= 4 is 0 Å². The van der Waals surface area contributed by atoms with E-state index in [1.54, 1.807) is 0 Å². The van der Waals surface area contributed by atoms with Gasteiger partial charge in [-0.2, -0.15) is 9.13 Å². The molecule has 0 amide bonds. The molecule has 76 valence electrons. The van der Waals surface area contributed by atoms with Crippen molar-refractivity contribution in [3.8, 4) is 0 Å². The van der Waals surface area contributed by atoms with E-state index in [4.69, 9.17) is 0 Å². The van der Waals surface area contributed by atoms with Gasteiger partial charge in [-0.15, -0.1) is 0 Å². The van der Waals surface area contributed by atoms with E-state index in [-0.39, 0.29) is 80.3 Å². The first-order chi connectivity index (χ1) is 4.74. The molecule has 0 bridgehead atoms. The van der Waals surface area contributed by atoms with Gasteiger partial charge in [-0.25, -0.2) is 0 Å². The maximum atomic E-state index is 2.16. The number of hydrogen-bond donors (Lipinski definition) is 0. The SMILES string of the molecule is C.C.CCc1c[n+](C)cc[n+]1C.[Y].[Y]. The van der Waals surface area contributed by atoms with Gasteiger partial charge < -0.3 is 0 Å². The van der Waals surface area contributed by atoms with E-state index in [2.05, 4.69) is 35.5 Å². The monoisotopic (exact) mass is 348 g/mol. The van der Waals surface area contributed by atoms with Crippen molar-refractivity contribution in [3.05, 3.63) is 24.3 Å². The fourth-order valence-corrected chi connectivity index (χ4v) is 1.01. The number of aryl methyl sites for hydroxylation is 3. The van der Waals surface area contributed by atoms with Crippen LogP contribution in [0.25, 0.3) is 0 Å². The Morgan fingerprint density at radius 2 is 1.57 bits per heavy atom. The molecule has 0 aliphatic rings. The molecule has 4 heteroatoms. The summed E-state index contributed by atoms with van der Waals surface area (Å²) in [4.78, 5) is 0. The van der Waals surface area contributed by atoms with Gasteiger partial charge in [0.2, 0.25) is 24.3 Å². The normalized spacial score (nSPS) is 7.07. The molecule has 1 rings (SSSR count). The Labute approximate surface area is 139 Å². The van der Waals surface area contributed by atoms with E-state index in [0.717, 1.165) is 6.42 Å². The standard InChI is InChI=1S/C8H14N2.2CH4.2Y/c1-4-8-7-9(2)5-6-10(8)3;;;;/h5-7H,4H2,1-3H3;2*1H4;;/q+2;;;;. The molecule has 0 fully saturated rings. The zero-order chi connectivity index (χ0) is 7.56. The van der Waals surface area contributed by atoms with Crippen LogP contribution in [0.1, 0.15) is 27.5 Å². The van der Waals surface area contributed by atoms with Crippen LogP contribution in [0.4, 0.5) is 0 Å². The summed E-state index contributed by atoms with van der Waals surface area (Å²) < 4.78 is 4.21. The average molecular weight is 348 g/mol. The van der Waals surface area contributed by atoms with Crippen molar-refractivity contribution < 1.29 is 74.6 Å². The van der Waals surface area contributed by atoms with Gasteiger partial charge in [0.1, 0.15) is 14.1 Å². The van der Waals surface area contributed by atoms with Gasteiger partial charge in [0.15, 0.2) is 0 Å². The number of hydrogen-bond acceptors (Lipinski definition) is 0. The first-order valence-corrected chi connectivity index (χ1v) is 3.58. The summed E-state index contributed by atoms with van der Waals surface area (Å²) in [6.07, 6.45) is 7.34. The Balaban J connectivity index is -0.000000125. The molecule has 0 aliphatic heterocycles. The molecule has 14 heavy (non-hydrogen) atoms. The molecule has 0 unspecified atom stereocenters. The zero-order valence-corrected chi connectivity index (χ0v) is 13.7. The Morgan fingerprint density at radius 3 is 1.93 bits per heavy atom. The molecule has 0 spiro atoms. The molecule has 1 aromatic heterocycles. The van der Waals surface area contributed by atoms with Crippen molar-refractivity contribution in [2.45, 2.75) is 28.2 Å². The van der Waals surface area contributed by atoms with Gasteiger partial charge in [-0.1, -0.05) is 21.8 Å². The second kappa shape index (κ2) is 12.4. The Hall–Kier alpha value is 1.29. The molecule has 0 aromatic carbocycles. The maximum Gasteiger partial charge on any atom is 0.245 e. The van der Waals surface area contributed by atoms with E-state index < -0.39 is 0 Å². The van der Waals surface area contributed by atoms with E-state index >= 15 is 0 Å². The Morgan fingerprint density at radius 1 is 1.07 bits per heavy atom. The maximum absolute atomic E-state index is 2.16. The molecule has 2 nitrogen and oxygen atoms in total. The number of rotatable bonds is 1. The summed E-state index contributed by atoms with van der Waals surface area (Å²) in [5.74, 6) is 0. The Bertz CT molecular complexity index is 240. The van der Waals surface area contributed by atoms with Crippen LogP contribution in [0, 0.1) is 0 Å². The summed E-state index contributed by atoms with van der Waals surface area (Å²) in [7, 11) is 4.11. The summed E-state index contributed by atoms with van der Waals surface area (Å²) in [6.45, 7) is 2.16. The Kier molecular flexibility index (Phi) is 21.6. The van der Waals surface area contributed by atoms with E-state index in [9.17, 15) is 0 Å². The van der Waals surface area contributed by atoms with Gasteiger partial charge in [0, 0.05) is 71.8 Å². The predicted octanol–water partition coefficient (Wildman–Crippen LogP) is 1.17. The average Bonchev–Trinajstić information content (AvgIpc) is 1.94. The van der Waals surface area contributed by atoms with Crippen molar-refractivity contribution in [1.29, 1.82) is 0 Å². The summed E-state index contributed by atoms with van der Waals surface area (Å²) >= 11 is 0. The molecule has 0 aliphatic carbocycles. The topological polar surface area (TPSA) is 7.76 Å². The molecule has 1 aromatic rings. The van der Waals surface area contributed by atoms with Gasteiger partial charge in [-0.3, -0.25) is 0 Å². The summed E-state index contributed by atoms with van der Waals surface area (Å²) in [5.41, 5.74) is 1.35. The molecular formula is C10H22N2Y2+2. The van der Waals surface area contributed by atoms with Crippen LogP contribution in [0.3, 0.4) is 0 Å². The van der Waals surface area contributed by atoms with Gasteiger partial charge in [0.05, 0.1) is 0 Å². The first kappa shape index (κ1) is 24.5. The van der Waals surface area contributed by atoms with Gasteiger partial charge >= 0.3 is 0 Å². The van der Waals surface area contributed by atoms with Crippen molar-refractivity contribution in [1.82, 2.24) is 0 Å². The fourth-order valence-electron chi connectivity index (χ4n) is 1.01. The molecule has 0 saturated carbocycles. The largest absolute Gasteiger partial charge is 0.245 e. The molecule has 2 radical (unpaired) electrons. The molecule has 0 N–H and O–H groups in total. The van der Waals surface area contributed by atoms with Crippen LogP contribution in [0.2, 0.25) is 0 Å².